The molecule has 3 fully saturated rings. The lowest BCUT2D eigenvalue weighted by molar-refractivity contribution is -0.125. The number of nitrogens with zero attached hydrogens (tertiary/aromatic N) is 2. The fourth-order valence-electron chi connectivity index (χ4n) is 7.96. The normalized spacial score (nSPS) is 29.0. The van der Waals surface area contributed by atoms with Gasteiger partial charge in [0.05, 0.1) is 43.0 Å². The number of allylic oxidation sites excluding steroid dienone is 2. The smallest absolute Gasteiger partial charge is 0.335 e. The molecule has 7 rings (SSSR count). The molecule has 2 saturated heterocycles. The van der Waals surface area contributed by atoms with E-state index in [1.807, 2.05) is 0 Å². The second-order valence-corrected chi connectivity index (χ2v) is 13.6. The van der Waals surface area contributed by atoms with Gasteiger partial charge in [-0.1, -0.05) is 17.7 Å². The molecule has 0 bridgehead atoms. The van der Waals surface area contributed by atoms with E-state index in [4.69, 9.17) is 32.7 Å². The maximum Gasteiger partial charge on any atom is 0.335 e. The van der Waals surface area contributed by atoms with Gasteiger partial charge < -0.3 is 19.7 Å². The molecule has 3 aromatic carbocycles. The summed E-state index contributed by atoms with van der Waals surface area (Å²) in [6, 6.07) is 12.6. The lowest BCUT2D eigenvalue weighted by atomic mass is 9.56. The number of carbonyl (C=O) groups excluding carboxylic acids is 4. The Morgan fingerprint density at radius 2 is 1.53 bits per heavy atom. The van der Waals surface area contributed by atoms with E-state index in [-0.39, 0.29) is 52.6 Å². The number of aromatic hydroxyl groups is 1. The molecule has 1 saturated carbocycles. The van der Waals surface area contributed by atoms with Gasteiger partial charge in [-0.05, 0) is 61.2 Å². The van der Waals surface area contributed by atoms with Crippen LogP contribution in [0.2, 0.25) is 0 Å². The van der Waals surface area contributed by atoms with E-state index >= 15 is 0 Å². The van der Waals surface area contributed by atoms with Crippen molar-refractivity contribution < 1.29 is 48.0 Å². The third-order valence-electron chi connectivity index (χ3n) is 10.1. The second kappa shape index (κ2) is 11.3. The minimum atomic E-state index is -2.27. The summed E-state index contributed by atoms with van der Waals surface area (Å²) >= 11 is 14.8. The number of imide groups is 2. The number of alkyl halides is 2. The number of carboxylic acid groups (broad SMARTS) is 1. The number of ether oxygens (including phenoxy) is 2. The number of phenolic OH excluding ortho intramolecular Hbond substituents is 1. The SMILES string of the molecule is COc1cc(O)cc(OC)c1C1C2=CCC3C(=O)N(c4cccc(C(=O)O)c4)C(=O)C3C2CC2(Cl)C(=O)N(c3ccc(F)cc3)C(=O)C12Cl. The maximum absolute atomic E-state index is 14.6. The van der Waals surface area contributed by atoms with Crippen LogP contribution in [0.3, 0.4) is 0 Å². The molecule has 4 amide bonds. The number of rotatable bonds is 6. The average Bonchev–Trinajstić information content (AvgIpc) is 3.42. The molecule has 2 aliphatic carbocycles. The van der Waals surface area contributed by atoms with Gasteiger partial charge in [-0.3, -0.25) is 24.1 Å². The van der Waals surface area contributed by atoms with Crippen molar-refractivity contribution in [1.29, 1.82) is 0 Å². The van der Waals surface area contributed by atoms with E-state index in [2.05, 4.69) is 0 Å². The van der Waals surface area contributed by atoms with Gasteiger partial charge in [-0.25, -0.2) is 14.1 Å². The predicted molar refractivity (Wildman–Crippen MR) is 174 cm³/mol. The lowest BCUT2D eigenvalue weighted by Crippen LogP contribution is -2.60. The van der Waals surface area contributed by atoms with Gasteiger partial charge in [0.2, 0.25) is 11.8 Å². The van der Waals surface area contributed by atoms with E-state index in [1.165, 1.54) is 62.8 Å². The fourth-order valence-corrected chi connectivity index (χ4v) is 8.88. The summed E-state index contributed by atoms with van der Waals surface area (Å²) in [5, 5.41) is 20.0. The molecule has 0 aromatic heterocycles. The second-order valence-electron chi connectivity index (χ2n) is 12.4. The molecule has 4 aliphatic rings. The summed E-state index contributed by atoms with van der Waals surface area (Å²) in [5.41, 5.74) is 0.558. The first-order valence-corrected chi connectivity index (χ1v) is 15.9. The Balaban J connectivity index is 1.44. The summed E-state index contributed by atoms with van der Waals surface area (Å²) in [5.74, 6) is -9.20. The molecule has 6 atom stereocenters. The number of anilines is 2. The Labute approximate surface area is 288 Å². The average molecular weight is 710 g/mol. The summed E-state index contributed by atoms with van der Waals surface area (Å²) in [6.07, 6.45) is 1.42. The molecule has 252 valence electrons. The zero-order valence-corrected chi connectivity index (χ0v) is 27.4. The first-order valence-electron chi connectivity index (χ1n) is 15.2. The molecule has 2 aliphatic heterocycles. The van der Waals surface area contributed by atoms with E-state index in [0.717, 1.165) is 21.9 Å². The molecule has 2 N–H and O–H groups in total. The number of fused-ring (bicyclic) bond motifs is 4. The molecule has 3 aromatic rings. The van der Waals surface area contributed by atoms with Gasteiger partial charge in [0.15, 0.2) is 9.75 Å². The third-order valence-corrected chi connectivity index (χ3v) is 11.5. The van der Waals surface area contributed by atoms with Crippen molar-refractivity contribution in [2.45, 2.75) is 28.5 Å². The van der Waals surface area contributed by atoms with Crippen LogP contribution in [0.1, 0.15) is 34.7 Å². The molecule has 49 heavy (non-hydrogen) atoms. The topological polar surface area (TPSA) is 151 Å². The number of carbonyl (C=O) groups is 5. The van der Waals surface area contributed by atoms with Crippen molar-refractivity contribution in [2.24, 2.45) is 17.8 Å². The molecule has 0 spiro atoms. The van der Waals surface area contributed by atoms with Crippen LogP contribution in [0.15, 0.2) is 72.3 Å². The van der Waals surface area contributed by atoms with E-state index < -0.39 is 68.8 Å². The molecule has 2 heterocycles. The zero-order valence-electron chi connectivity index (χ0n) is 25.9. The van der Waals surface area contributed by atoms with Crippen molar-refractivity contribution >= 4 is 64.2 Å². The quantitative estimate of drug-likeness (QED) is 0.205. The number of halogens is 3. The predicted octanol–water partition coefficient (Wildman–Crippen LogP) is 5.01. The summed E-state index contributed by atoms with van der Waals surface area (Å²) in [4.78, 5) is 66.3. The minimum Gasteiger partial charge on any atom is -0.508 e. The number of aromatic carboxylic acids is 1. The molecule has 6 unspecified atom stereocenters. The largest absolute Gasteiger partial charge is 0.508 e. The Morgan fingerprint density at radius 3 is 2.14 bits per heavy atom. The summed E-state index contributed by atoms with van der Waals surface area (Å²) in [6.45, 7) is 0. The molecular formula is C35H27Cl2FN2O9. The lowest BCUT2D eigenvalue weighted by Gasteiger charge is -2.51. The standard InChI is InChI=1S/C35H27Cl2FN2O9/c1-48-24-13-20(41)14-25(49-2)27(24)28-21-10-11-22-26(30(43)39(29(22)42)19-5-3-4-16(12-19)31(44)45)23(21)15-34(36)32(46)40(33(47)35(28,34)37)18-8-6-17(38)7-9-18/h3-10,12-14,22-23,26,28,41H,11,15H2,1-2H3,(H,44,45). The summed E-state index contributed by atoms with van der Waals surface area (Å²) in [7, 11) is 2.65. The van der Waals surface area contributed by atoms with E-state index in [1.54, 1.807) is 6.08 Å². The van der Waals surface area contributed by atoms with Crippen LogP contribution in [-0.4, -0.2) is 63.8 Å². The van der Waals surface area contributed by atoms with Gasteiger partial charge in [-0.15, -0.1) is 23.2 Å². The molecule has 11 nitrogen and oxygen atoms in total. The number of amides is 4. The van der Waals surface area contributed by atoms with Crippen molar-refractivity contribution in [1.82, 2.24) is 0 Å². The van der Waals surface area contributed by atoms with E-state index in [9.17, 15) is 38.6 Å². The van der Waals surface area contributed by atoms with Crippen LogP contribution in [0.4, 0.5) is 15.8 Å². The zero-order chi connectivity index (χ0) is 35.2. The van der Waals surface area contributed by atoms with Crippen molar-refractivity contribution in [3.05, 3.63) is 89.3 Å². The highest BCUT2D eigenvalue weighted by Crippen LogP contribution is 2.67. The van der Waals surface area contributed by atoms with Crippen molar-refractivity contribution in [3.8, 4) is 17.2 Å². The van der Waals surface area contributed by atoms with Crippen LogP contribution in [0, 0.1) is 23.6 Å². The first kappa shape index (κ1) is 32.6. The van der Waals surface area contributed by atoms with Gasteiger partial charge in [0, 0.05) is 23.6 Å². The Morgan fingerprint density at radius 1 is 0.878 bits per heavy atom. The highest BCUT2D eigenvalue weighted by molar-refractivity contribution is 6.58. The van der Waals surface area contributed by atoms with Crippen molar-refractivity contribution in [2.75, 3.05) is 24.0 Å². The number of phenols is 1. The van der Waals surface area contributed by atoms with Gasteiger partial charge in [-0.2, -0.15) is 0 Å². The highest BCUT2D eigenvalue weighted by Gasteiger charge is 2.77. The monoisotopic (exact) mass is 708 g/mol. The Bertz CT molecular complexity index is 1990. The van der Waals surface area contributed by atoms with E-state index in [0.29, 0.717) is 5.57 Å². The molecular weight excluding hydrogens is 682 g/mol. The maximum atomic E-state index is 14.6. The van der Waals surface area contributed by atoms with Gasteiger partial charge in [0.1, 0.15) is 23.1 Å². The van der Waals surface area contributed by atoms with Gasteiger partial charge >= 0.3 is 5.97 Å². The molecule has 14 heteroatoms. The van der Waals surface area contributed by atoms with Crippen LogP contribution in [0.25, 0.3) is 0 Å². The fraction of sp³-hybridized carbons (Fsp3) is 0.286. The van der Waals surface area contributed by atoms with Crippen LogP contribution in [0.5, 0.6) is 17.2 Å². The number of hydrogen-bond donors (Lipinski definition) is 2. The van der Waals surface area contributed by atoms with Crippen LogP contribution < -0.4 is 19.3 Å². The Kier molecular flexibility index (Phi) is 7.53. The van der Waals surface area contributed by atoms with Gasteiger partial charge in [0.25, 0.3) is 11.8 Å². The first-order chi connectivity index (χ1) is 23.3. The number of methoxy groups -OCH3 is 2. The number of hydrogen-bond acceptors (Lipinski definition) is 8. The highest BCUT2D eigenvalue weighted by atomic mass is 35.5. The number of benzene rings is 3. The summed E-state index contributed by atoms with van der Waals surface area (Å²) < 4.78 is 25.2. The number of carboxylic acids is 1. The minimum absolute atomic E-state index is 0.0145. The Hall–Kier alpha value is -4.94. The van der Waals surface area contributed by atoms with Crippen molar-refractivity contribution in [3.63, 3.8) is 0 Å². The van der Waals surface area contributed by atoms with Crippen LogP contribution in [-0.2, 0) is 19.2 Å². The third kappa shape index (κ3) is 4.43. The van der Waals surface area contributed by atoms with Crippen LogP contribution >= 0.6 is 23.2 Å². The molecule has 0 radical (unpaired) electrons.